The molecule has 1 heterocycles. The summed E-state index contributed by atoms with van der Waals surface area (Å²) in [6.07, 6.45) is 0. The summed E-state index contributed by atoms with van der Waals surface area (Å²) >= 11 is 8.58. The number of fused-ring (bicyclic) bond motifs is 1. The van der Waals surface area contributed by atoms with Crippen LogP contribution >= 0.6 is 90.4 Å². The van der Waals surface area contributed by atoms with Gasteiger partial charge in [0.25, 0.3) is 10.1 Å². The first-order valence-electron chi connectivity index (χ1n) is 8.00. The number of halogens is 4. The number of phenols is 2. The largest absolute Gasteiger partial charge is 1.00 e. The maximum Gasteiger partial charge on any atom is 1.00 e. The molecule has 0 amide bonds. The molecule has 0 radical (unpaired) electrons. The van der Waals surface area contributed by atoms with Gasteiger partial charge in [-0.3, -0.25) is 0 Å². The van der Waals surface area contributed by atoms with Gasteiger partial charge in [0.15, 0.2) is 5.60 Å². The minimum Gasteiger partial charge on any atom is -1.00 e. The molecule has 0 saturated carbocycles. The molecule has 0 aromatic heterocycles. The normalized spacial score (nSPS) is 16.0. The van der Waals surface area contributed by atoms with Gasteiger partial charge in [-0.25, -0.2) is 4.18 Å². The van der Waals surface area contributed by atoms with E-state index in [0.29, 0.717) is 20.3 Å². The van der Waals surface area contributed by atoms with Gasteiger partial charge in [0.05, 0.1) is 0 Å². The number of benzene rings is 3. The molecule has 0 saturated heterocycles. The van der Waals surface area contributed by atoms with Gasteiger partial charge in [0.2, 0.25) is 0 Å². The minimum atomic E-state index is -4.07. The quantitative estimate of drug-likeness (QED) is 0.136. The first-order chi connectivity index (χ1) is 13.6. The third-order valence-corrected chi connectivity index (χ3v) is 13.8. The molecule has 0 aliphatic carbocycles. The van der Waals surface area contributed by atoms with Crippen LogP contribution in [0.4, 0.5) is 0 Å². The summed E-state index contributed by atoms with van der Waals surface area (Å²) in [4.78, 5) is 0.161. The maximum atomic E-state index is 13.3. The number of hydrogen-bond acceptors (Lipinski definition) is 5. The van der Waals surface area contributed by atoms with Crippen molar-refractivity contribution in [1.82, 2.24) is 0 Å². The van der Waals surface area contributed by atoms with Gasteiger partial charge in [0, 0.05) is 19.8 Å². The monoisotopic (exact) mass is 882 g/mol. The van der Waals surface area contributed by atoms with Crippen molar-refractivity contribution >= 4 is 100 Å². The van der Waals surface area contributed by atoms with Crippen LogP contribution in [0.25, 0.3) is 0 Å². The third kappa shape index (κ3) is 4.07. The fraction of sp³-hybridized carbons (Fsp3) is 0.0526. The third-order valence-electron chi connectivity index (χ3n) is 4.61. The van der Waals surface area contributed by atoms with Crippen LogP contribution < -0.4 is 29.6 Å². The first-order valence-corrected chi connectivity index (χ1v) is 13.7. The van der Waals surface area contributed by atoms with Crippen LogP contribution in [0, 0.1) is 14.3 Å². The van der Waals surface area contributed by atoms with Crippen LogP contribution in [-0.2, 0) is 19.9 Å². The molecule has 3 aromatic carbocycles. The summed E-state index contributed by atoms with van der Waals surface area (Å²) in [6.45, 7) is 0. The Labute approximate surface area is 251 Å². The molecule has 4 rings (SSSR count). The Bertz CT molecular complexity index is 1210. The summed E-state index contributed by atoms with van der Waals surface area (Å²) in [6, 6.07) is 12.6. The van der Waals surface area contributed by atoms with Crippen LogP contribution in [0.15, 0.2) is 53.4 Å². The van der Waals surface area contributed by atoms with E-state index in [1.165, 1.54) is 24.3 Å². The van der Waals surface area contributed by atoms with E-state index in [4.69, 9.17) is 4.18 Å². The van der Waals surface area contributed by atoms with E-state index in [9.17, 15) is 18.6 Å². The van der Waals surface area contributed by atoms with E-state index in [1.54, 1.807) is 24.3 Å². The van der Waals surface area contributed by atoms with E-state index in [1.807, 2.05) is 22.6 Å². The average molecular weight is 882 g/mol. The standard InChI is InChI=1S/C19H10I4O5S.Na.H/c20-14-13-18(17(23)16(22)15(14)21)29(26,27)28-19(13,9-1-5-11(24)6-2-9)10-3-7-12(25)8-4-10;;/h1-8,24-25H;;/q;+1;-1. The van der Waals surface area contributed by atoms with Gasteiger partial charge >= 0.3 is 29.6 Å². The molecule has 11 heteroatoms. The van der Waals surface area contributed by atoms with Crippen LogP contribution in [0.5, 0.6) is 11.5 Å². The van der Waals surface area contributed by atoms with Gasteiger partial charge in [0.1, 0.15) is 16.4 Å². The van der Waals surface area contributed by atoms with Crippen molar-refractivity contribution in [3.63, 3.8) is 0 Å². The molecular weight excluding hydrogens is 871 g/mol. The van der Waals surface area contributed by atoms with Gasteiger partial charge < -0.3 is 11.6 Å². The molecule has 0 bridgehead atoms. The van der Waals surface area contributed by atoms with Gasteiger partial charge in [-0.15, -0.1) is 0 Å². The molecule has 0 spiro atoms. The molecule has 1 aliphatic heterocycles. The second-order valence-corrected chi connectivity index (χ2v) is 12.1. The summed E-state index contributed by atoms with van der Waals surface area (Å²) < 4.78 is 35.6. The van der Waals surface area contributed by atoms with Gasteiger partial charge in [-0.05, 0) is 126 Å². The minimum absolute atomic E-state index is 0. The van der Waals surface area contributed by atoms with Gasteiger partial charge in [-0.2, -0.15) is 8.42 Å². The predicted molar refractivity (Wildman–Crippen MR) is 143 cm³/mol. The second kappa shape index (κ2) is 9.38. The Morgan fingerprint density at radius 2 is 1.13 bits per heavy atom. The van der Waals surface area contributed by atoms with Crippen molar-refractivity contribution in [1.29, 1.82) is 0 Å². The second-order valence-electron chi connectivity index (χ2n) is 6.27. The molecule has 3 aromatic rings. The SMILES string of the molecule is O=S1(=O)OC(c2ccc(O)cc2)(c2ccc(O)cc2)c2c(I)c(I)c(I)c(I)c21.[H-].[Na+]. The summed E-state index contributed by atoms with van der Waals surface area (Å²) in [7, 11) is -4.07. The number of phenolic OH excluding ortho intramolecular Hbond substituents is 2. The summed E-state index contributed by atoms with van der Waals surface area (Å²) in [5.74, 6) is 0.134. The Balaban J connectivity index is 0.00000171. The number of hydrogen-bond donors (Lipinski definition) is 2. The van der Waals surface area contributed by atoms with E-state index in [2.05, 4.69) is 67.8 Å². The van der Waals surface area contributed by atoms with E-state index >= 15 is 0 Å². The van der Waals surface area contributed by atoms with Crippen molar-refractivity contribution in [2.75, 3.05) is 0 Å². The average Bonchev–Trinajstić information content (AvgIpc) is 2.94. The van der Waals surface area contributed by atoms with Crippen LogP contribution in [-0.4, -0.2) is 18.6 Å². The topological polar surface area (TPSA) is 83.8 Å². The molecular formula is C19H11I4NaO5S. The van der Waals surface area contributed by atoms with Crippen molar-refractivity contribution in [3.8, 4) is 11.5 Å². The van der Waals surface area contributed by atoms with Crippen LogP contribution in [0.1, 0.15) is 18.1 Å². The molecule has 0 unspecified atom stereocenters. The molecule has 2 N–H and O–H groups in total. The van der Waals surface area contributed by atoms with Crippen molar-refractivity contribution in [2.24, 2.45) is 0 Å². The van der Waals surface area contributed by atoms with Crippen LogP contribution in [0.3, 0.4) is 0 Å². The van der Waals surface area contributed by atoms with Crippen LogP contribution in [0.2, 0.25) is 0 Å². The zero-order valence-electron chi connectivity index (χ0n) is 16.2. The summed E-state index contributed by atoms with van der Waals surface area (Å²) in [5.41, 5.74) is 0.239. The molecule has 0 fully saturated rings. The Kier molecular flexibility index (Phi) is 8.04. The maximum absolute atomic E-state index is 13.3. The molecule has 152 valence electrons. The molecule has 1 aliphatic rings. The van der Waals surface area contributed by atoms with Crippen molar-refractivity contribution < 1.29 is 53.8 Å². The Morgan fingerprint density at radius 1 is 0.733 bits per heavy atom. The number of rotatable bonds is 2. The smallest absolute Gasteiger partial charge is 1.00 e. The van der Waals surface area contributed by atoms with Crippen molar-refractivity contribution in [2.45, 2.75) is 10.5 Å². The number of aromatic hydroxyl groups is 2. The van der Waals surface area contributed by atoms with Crippen molar-refractivity contribution in [3.05, 3.63) is 79.5 Å². The Morgan fingerprint density at radius 3 is 1.57 bits per heavy atom. The molecule has 30 heavy (non-hydrogen) atoms. The zero-order valence-corrected chi connectivity index (χ0v) is 26.6. The van der Waals surface area contributed by atoms with E-state index < -0.39 is 15.7 Å². The zero-order chi connectivity index (χ0) is 21.1. The first kappa shape index (κ1) is 25.7. The summed E-state index contributed by atoms with van der Waals surface area (Å²) in [5, 5.41) is 19.5. The fourth-order valence-corrected chi connectivity index (χ4v) is 9.60. The fourth-order valence-electron chi connectivity index (χ4n) is 3.35. The Hall–Kier alpha value is 1.09. The van der Waals surface area contributed by atoms with Gasteiger partial charge in [-0.1, -0.05) is 24.3 Å². The van der Waals surface area contributed by atoms with E-state index in [0.717, 1.165) is 10.7 Å². The predicted octanol–water partition coefficient (Wildman–Crippen LogP) is 2.64. The van der Waals surface area contributed by atoms with E-state index in [-0.39, 0.29) is 47.4 Å². The molecule has 0 atom stereocenters. The molecule has 5 nitrogen and oxygen atoms in total.